The number of unbranched alkanes of at least 4 members (excludes halogenated alkanes) is 8. The minimum absolute atomic E-state index is 0.653. The maximum absolute atomic E-state index is 5.79. The summed E-state index contributed by atoms with van der Waals surface area (Å²) in [4.78, 5) is 13.2. The molecule has 1 aliphatic rings. The molecule has 0 saturated heterocycles. The van der Waals surface area contributed by atoms with Crippen molar-refractivity contribution in [2.75, 3.05) is 13.2 Å². The van der Waals surface area contributed by atoms with E-state index in [1.54, 1.807) is 18.6 Å². The Morgan fingerprint density at radius 3 is 2.10 bits per heavy atom. The zero-order valence-corrected chi connectivity index (χ0v) is 19.2. The van der Waals surface area contributed by atoms with Crippen molar-refractivity contribution in [3.63, 3.8) is 0 Å². The topological polar surface area (TPSA) is 57.1 Å². The first-order valence-corrected chi connectivity index (χ1v) is 12.4. The van der Waals surface area contributed by atoms with Crippen LogP contribution >= 0.6 is 0 Å². The summed E-state index contributed by atoms with van der Waals surface area (Å²) >= 11 is 0. The fourth-order valence-corrected chi connectivity index (χ4v) is 3.68. The normalized spacial score (nSPS) is 13.3. The monoisotopic (exact) mass is 425 g/mol. The summed E-state index contributed by atoms with van der Waals surface area (Å²) < 4.78 is 11.5. The third kappa shape index (κ3) is 9.67. The number of pyridine rings is 1. The van der Waals surface area contributed by atoms with E-state index < -0.39 is 0 Å². The lowest BCUT2D eigenvalue weighted by molar-refractivity contribution is 0.294. The van der Waals surface area contributed by atoms with Crippen LogP contribution in [0.1, 0.15) is 90.4 Å². The van der Waals surface area contributed by atoms with E-state index in [1.807, 2.05) is 12.1 Å². The van der Waals surface area contributed by atoms with Crippen LogP contribution in [0.15, 0.2) is 30.7 Å². The summed E-state index contributed by atoms with van der Waals surface area (Å²) in [5.74, 6) is 3.12. The van der Waals surface area contributed by atoms with E-state index in [4.69, 9.17) is 9.47 Å². The Labute approximate surface area is 188 Å². The van der Waals surface area contributed by atoms with Crippen LogP contribution in [0.2, 0.25) is 0 Å². The van der Waals surface area contributed by atoms with Gasteiger partial charge in [0.05, 0.1) is 25.6 Å². The Bertz CT molecular complexity index is 714. The Hall–Kier alpha value is -2.17. The van der Waals surface area contributed by atoms with E-state index in [-0.39, 0.29) is 0 Å². The molecule has 0 amide bonds. The molecule has 0 N–H and O–H groups in total. The van der Waals surface area contributed by atoms with Crippen molar-refractivity contribution in [2.24, 2.45) is 5.92 Å². The molecule has 0 bridgehead atoms. The van der Waals surface area contributed by atoms with Gasteiger partial charge in [-0.3, -0.25) is 0 Å². The molecule has 5 nitrogen and oxygen atoms in total. The zero-order chi connectivity index (χ0) is 21.6. The SMILES string of the molecule is CCCCCCOc1ccc(-c2ncc(OCCCCCCCCC3CC3)cn2)cn1. The summed E-state index contributed by atoms with van der Waals surface area (Å²) in [5, 5.41) is 0. The largest absolute Gasteiger partial charge is 0.490 e. The lowest BCUT2D eigenvalue weighted by Gasteiger charge is -2.07. The molecule has 170 valence electrons. The first-order valence-electron chi connectivity index (χ1n) is 12.4. The summed E-state index contributed by atoms with van der Waals surface area (Å²) in [7, 11) is 0. The average Bonchev–Trinajstić information content (AvgIpc) is 3.63. The van der Waals surface area contributed by atoms with Crippen molar-refractivity contribution in [1.29, 1.82) is 0 Å². The number of rotatable bonds is 17. The first kappa shape index (κ1) is 23.5. The Kier molecular flexibility index (Phi) is 10.6. The van der Waals surface area contributed by atoms with Crippen molar-refractivity contribution in [2.45, 2.75) is 90.4 Å². The second-order valence-corrected chi connectivity index (χ2v) is 8.74. The standard InChI is InChI=1S/C26H39N3O2/c1-2-3-4-10-18-31-25-16-15-23(19-27-25)26-28-20-24(21-29-26)30-17-11-8-6-5-7-9-12-22-13-14-22/h15-16,19-22H,2-14,17-18H2,1H3. The summed E-state index contributed by atoms with van der Waals surface area (Å²) in [6.07, 6.45) is 22.3. The van der Waals surface area contributed by atoms with Gasteiger partial charge in [-0.15, -0.1) is 0 Å². The second kappa shape index (κ2) is 14.0. The van der Waals surface area contributed by atoms with E-state index in [1.165, 1.54) is 70.6 Å². The van der Waals surface area contributed by atoms with Crippen molar-refractivity contribution in [3.05, 3.63) is 30.7 Å². The van der Waals surface area contributed by atoms with Crippen LogP contribution in [-0.2, 0) is 0 Å². The number of nitrogens with zero attached hydrogens (tertiary/aromatic N) is 3. The van der Waals surface area contributed by atoms with Crippen molar-refractivity contribution >= 4 is 0 Å². The van der Waals surface area contributed by atoms with Crippen LogP contribution in [0, 0.1) is 5.92 Å². The van der Waals surface area contributed by atoms with E-state index in [0.29, 0.717) is 11.7 Å². The van der Waals surface area contributed by atoms with E-state index in [9.17, 15) is 0 Å². The summed E-state index contributed by atoms with van der Waals surface area (Å²) in [6.45, 7) is 3.66. The smallest absolute Gasteiger partial charge is 0.213 e. The van der Waals surface area contributed by atoms with Gasteiger partial charge in [0.1, 0.15) is 0 Å². The highest BCUT2D eigenvalue weighted by Gasteiger charge is 2.19. The van der Waals surface area contributed by atoms with Crippen molar-refractivity contribution in [3.8, 4) is 23.0 Å². The van der Waals surface area contributed by atoms with E-state index in [0.717, 1.165) is 43.3 Å². The number of ether oxygens (including phenoxy) is 2. The molecule has 0 atom stereocenters. The van der Waals surface area contributed by atoms with Crippen LogP contribution < -0.4 is 9.47 Å². The third-order valence-corrected chi connectivity index (χ3v) is 5.84. The van der Waals surface area contributed by atoms with Gasteiger partial charge < -0.3 is 9.47 Å². The van der Waals surface area contributed by atoms with Crippen molar-refractivity contribution in [1.82, 2.24) is 15.0 Å². The van der Waals surface area contributed by atoms with Gasteiger partial charge >= 0.3 is 0 Å². The highest BCUT2D eigenvalue weighted by molar-refractivity contribution is 5.53. The van der Waals surface area contributed by atoms with Gasteiger partial charge in [-0.05, 0) is 24.8 Å². The number of hydrogen-bond donors (Lipinski definition) is 0. The molecule has 2 aromatic rings. The van der Waals surface area contributed by atoms with Gasteiger partial charge in [0.25, 0.3) is 0 Å². The maximum Gasteiger partial charge on any atom is 0.213 e. The summed E-state index contributed by atoms with van der Waals surface area (Å²) in [5.41, 5.74) is 0.881. The Morgan fingerprint density at radius 2 is 1.42 bits per heavy atom. The average molecular weight is 426 g/mol. The highest BCUT2D eigenvalue weighted by Crippen LogP contribution is 2.34. The van der Waals surface area contributed by atoms with E-state index >= 15 is 0 Å². The molecule has 1 saturated carbocycles. The molecule has 0 aliphatic heterocycles. The molecule has 2 aromatic heterocycles. The third-order valence-electron chi connectivity index (χ3n) is 5.84. The van der Waals surface area contributed by atoms with Crippen LogP contribution in [-0.4, -0.2) is 28.2 Å². The van der Waals surface area contributed by atoms with Gasteiger partial charge in [-0.1, -0.05) is 77.6 Å². The molecule has 31 heavy (non-hydrogen) atoms. The van der Waals surface area contributed by atoms with Gasteiger partial charge in [-0.25, -0.2) is 15.0 Å². The molecule has 0 spiro atoms. The molecule has 2 heterocycles. The Morgan fingerprint density at radius 1 is 0.742 bits per heavy atom. The quantitative estimate of drug-likeness (QED) is 0.255. The molecule has 0 aromatic carbocycles. The van der Waals surface area contributed by atoms with Crippen LogP contribution in [0.5, 0.6) is 11.6 Å². The van der Waals surface area contributed by atoms with Gasteiger partial charge in [0.15, 0.2) is 11.6 Å². The van der Waals surface area contributed by atoms with Crippen molar-refractivity contribution < 1.29 is 9.47 Å². The molecule has 1 fully saturated rings. The Balaban J connectivity index is 1.27. The fraction of sp³-hybridized carbons (Fsp3) is 0.654. The molecular formula is C26H39N3O2. The predicted molar refractivity (Wildman–Crippen MR) is 125 cm³/mol. The maximum atomic E-state index is 5.79. The van der Waals surface area contributed by atoms with E-state index in [2.05, 4.69) is 21.9 Å². The lowest BCUT2D eigenvalue weighted by Crippen LogP contribution is -2.00. The lowest BCUT2D eigenvalue weighted by atomic mass is 10.1. The molecule has 3 rings (SSSR count). The zero-order valence-electron chi connectivity index (χ0n) is 19.2. The first-order chi connectivity index (χ1) is 15.3. The summed E-state index contributed by atoms with van der Waals surface area (Å²) in [6, 6.07) is 3.84. The molecule has 5 heteroatoms. The molecule has 0 radical (unpaired) electrons. The van der Waals surface area contributed by atoms with Crippen LogP contribution in [0.3, 0.4) is 0 Å². The minimum Gasteiger partial charge on any atom is -0.490 e. The van der Waals surface area contributed by atoms with Gasteiger partial charge in [0, 0.05) is 17.8 Å². The number of aromatic nitrogens is 3. The van der Waals surface area contributed by atoms with Gasteiger partial charge in [0.2, 0.25) is 5.88 Å². The fourth-order valence-electron chi connectivity index (χ4n) is 3.68. The molecular weight excluding hydrogens is 386 g/mol. The highest BCUT2D eigenvalue weighted by atomic mass is 16.5. The van der Waals surface area contributed by atoms with Gasteiger partial charge in [-0.2, -0.15) is 0 Å². The molecule has 0 unspecified atom stereocenters. The van der Waals surface area contributed by atoms with Crippen LogP contribution in [0.25, 0.3) is 11.4 Å². The number of hydrogen-bond acceptors (Lipinski definition) is 5. The predicted octanol–water partition coefficient (Wildman–Crippen LogP) is 7.02. The molecule has 1 aliphatic carbocycles. The second-order valence-electron chi connectivity index (χ2n) is 8.74. The minimum atomic E-state index is 0.653. The van der Waals surface area contributed by atoms with Crippen LogP contribution in [0.4, 0.5) is 0 Å².